The summed E-state index contributed by atoms with van der Waals surface area (Å²) in [7, 11) is 0. The number of nitrogens with one attached hydrogen (secondary N) is 1. The Labute approximate surface area is 72.9 Å². The summed E-state index contributed by atoms with van der Waals surface area (Å²) in [6, 6.07) is 0. The van der Waals surface area contributed by atoms with Gasteiger partial charge in [-0.05, 0) is 19.6 Å². The highest BCUT2D eigenvalue weighted by molar-refractivity contribution is 5.62. The third-order valence-corrected chi connectivity index (χ3v) is 1.44. The summed E-state index contributed by atoms with van der Waals surface area (Å²) in [4.78, 5) is 11.4. The second-order valence-electron chi connectivity index (χ2n) is 2.04. The van der Waals surface area contributed by atoms with Crippen molar-refractivity contribution >= 4 is 6.09 Å². The Balaban J connectivity index is 0. The molecule has 0 heterocycles. The van der Waals surface area contributed by atoms with Gasteiger partial charge in [0.2, 0.25) is 0 Å². The van der Waals surface area contributed by atoms with Gasteiger partial charge in [-0.3, -0.25) is 5.21 Å². The molecule has 0 saturated carbocycles. The number of hydroxylamine groups is 1. The zero-order chi connectivity index (χ0) is 9.98. The molecule has 5 nitrogen and oxygen atoms in total. The monoisotopic (exact) mass is 178 g/mol. The molecule has 1 amide bonds. The number of carboxylic acid groups (broad SMARTS) is 1. The van der Waals surface area contributed by atoms with E-state index in [0.29, 0.717) is 0 Å². The van der Waals surface area contributed by atoms with Crippen LogP contribution >= 0.6 is 0 Å². The van der Waals surface area contributed by atoms with E-state index in [1.807, 2.05) is 0 Å². The van der Waals surface area contributed by atoms with Crippen LogP contribution in [0, 0.1) is 0 Å². The van der Waals surface area contributed by atoms with Crippen molar-refractivity contribution < 1.29 is 15.1 Å². The third-order valence-electron chi connectivity index (χ3n) is 1.44. The zero-order valence-corrected chi connectivity index (χ0v) is 7.87. The summed E-state index contributed by atoms with van der Waals surface area (Å²) < 4.78 is 0. The van der Waals surface area contributed by atoms with Gasteiger partial charge in [0.1, 0.15) is 0 Å². The van der Waals surface area contributed by atoms with Crippen LogP contribution in [0.15, 0.2) is 0 Å². The van der Waals surface area contributed by atoms with Crippen molar-refractivity contribution in [2.24, 2.45) is 0 Å². The summed E-state index contributed by atoms with van der Waals surface area (Å²) in [6.45, 7) is 10.1. The van der Waals surface area contributed by atoms with Gasteiger partial charge in [0.25, 0.3) is 0 Å². The molecule has 0 aliphatic heterocycles. The van der Waals surface area contributed by atoms with Gasteiger partial charge in [-0.25, -0.2) is 10.3 Å². The van der Waals surface area contributed by atoms with Gasteiger partial charge in [-0.15, -0.1) is 0 Å². The maximum Gasteiger partial charge on any atom is 0.428 e. The topological polar surface area (TPSA) is 72.8 Å². The molecule has 0 rings (SSSR count). The zero-order valence-electron chi connectivity index (χ0n) is 7.87. The molecule has 0 bridgehead atoms. The van der Waals surface area contributed by atoms with Gasteiger partial charge in [0.15, 0.2) is 0 Å². The molecule has 0 aromatic carbocycles. The predicted molar refractivity (Wildman–Crippen MR) is 46.4 cm³/mol. The van der Waals surface area contributed by atoms with Crippen LogP contribution in [0.3, 0.4) is 0 Å². The van der Waals surface area contributed by atoms with Crippen LogP contribution < -0.4 is 5.48 Å². The van der Waals surface area contributed by atoms with E-state index in [-0.39, 0.29) is 0 Å². The highest BCUT2D eigenvalue weighted by Gasteiger charge is 1.89. The Bertz CT molecular complexity index is 99.3. The van der Waals surface area contributed by atoms with E-state index in [1.54, 1.807) is 0 Å². The third kappa shape index (κ3) is 11.9. The molecule has 5 heteroatoms. The highest BCUT2D eigenvalue weighted by Crippen LogP contribution is 1.81. The summed E-state index contributed by atoms with van der Waals surface area (Å²) in [5, 5.41) is 14.7. The van der Waals surface area contributed by atoms with Crippen LogP contribution in [0.5, 0.6) is 0 Å². The first-order valence-corrected chi connectivity index (χ1v) is 3.97. The molecule has 74 valence electrons. The molecule has 0 spiro atoms. The molecule has 0 aliphatic carbocycles. The molecule has 0 atom stereocenters. The number of hydrogen-bond donors (Lipinski definition) is 3. The number of nitrogens with zero attached hydrogens (tertiary/aromatic N) is 1. The van der Waals surface area contributed by atoms with Crippen LogP contribution in [0.4, 0.5) is 4.79 Å². The lowest BCUT2D eigenvalue weighted by Gasteiger charge is -2.13. The van der Waals surface area contributed by atoms with Crippen molar-refractivity contribution in [3.8, 4) is 0 Å². The Morgan fingerprint density at radius 1 is 1.25 bits per heavy atom. The molecule has 3 N–H and O–H groups in total. The fraction of sp³-hybridized carbons (Fsp3) is 0.857. The smallest absolute Gasteiger partial charge is 0.428 e. The Kier molecular flexibility index (Phi) is 11.7. The molecule has 12 heavy (non-hydrogen) atoms. The molecule has 0 fully saturated rings. The Hall–Kier alpha value is -0.810. The quantitative estimate of drug-likeness (QED) is 0.445. The second-order valence-corrected chi connectivity index (χ2v) is 2.04. The largest absolute Gasteiger partial charge is 0.464 e. The standard InChI is InChI=1S/C6H15N.CH3NO3/c1-4-7(5-2)6-3;3-1(4)2-5/h4-6H2,1-3H3;2,5H,(H,3,4). The van der Waals surface area contributed by atoms with E-state index in [9.17, 15) is 0 Å². The van der Waals surface area contributed by atoms with Crippen LogP contribution in [-0.4, -0.2) is 40.9 Å². The number of hydrogen-bond acceptors (Lipinski definition) is 3. The number of rotatable bonds is 3. The first-order chi connectivity index (χ1) is 5.62. The van der Waals surface area contributed by atoms with Crippen molar-refractivity contribution in [3.63, 3.8) is 0 Å². The molecule has 0 saturated heterocycles. The van der Waals surface area contributed by atoms with Crippen LogP contribution in [-0.2, 0) is 0 Å². The average molecular weight is 178 g/mol. The van der Waals surface area contributed by atoms with Gasteiger partial charge in [0.05, 0.1) is 0 Å². The van der Waals surface area contributed by atoms with E-state index < -0.39 is 6.09 Å². The van der Waals surface area contributed by atoms with Crippen molar-refractivity contribution in [2.45, 2.75) is 20.8 Å². The summed E-state index contributed by atoms with van der Waals surface area (Å²) >= 11 is 0. The van der Waals surface area contributed by atoms with Crippen molar-refractivity contribution in [3.05, 3.63) is 0 Å². The maximum atomic E-state index is 9.01. The molecule has 0 aromatic heterocycles. The lowest BCUT2D eigenvalue weighted by Crippen LogP contribution is -2.21. The summed E-state index contributed by atoms with van der Waals surface area (Å²) in [5.41, 5.74) is 0.944. The normalized spacial score (nSPS) is 8.75. The minimum Gasteiger partial charge on any atom is -0.464 e. The van der Waals surface area contributed by atoms with E-state index >= 15 is 0 Å². The highest BCUT2D eigenvalue weighted by atomic mass is 16.5. The lowest BCUT2D eigenvalue weighted by atomic mass is 10.5. The number of amides is 1. The molecular formula is C7H18N2O3. The van der Waals surface area contributed by atoms with E-state index in [4.69, 9.17) is 15.1 Å². The van der Waals surface area contributed by atoms with Gasteiger partial charge in [0, 0.05) is 0 Å². The van der Waals surface area contributed by atoms with Crippen LogP contribution in [0.25, 0.3) is 0 Å². The molecule has 0 radical (unpaired) electrons. The van der Waals surface area contributed by atoms with Gasteiger partial charge in [-0.2, -0.15) is 0 Å². The maximum absolute atomic E-state index is 9.01. The average Bonchev–Trinajstić information content (AvgIpc) is 2.09. The molecular weight excluding hydrogens is 160 g/mol. The van der Waals surface area contributed by atoms with E-state index in [0.717, 1.165) is 5.48 Å². The van der Waals surface area contributed by atoms with Crippen LogP contribution in [0.2, 0.25) is 0 Å². The fourth-order valence-corrected chi connectivity index (χ4v) is 0.671. The van der Waals surface area contributed by atoms with Gasteiger partial charge in [-0.1, -0.05) is 20.8 Å². The van der Waals surface area contributed by atoms with E-state index in [2.05, 4.69) is 25.7 Å². The minimum atomic E-state index is -1.44. The molecule has 0 aromatic rings. The van der Waals surface area contributed by atoms with Crippen molar-refractivity contribution in [1.82, 2.24) is 10.4 Å². The van der Waals surface area contributed by atoms with Crippen LogP contribution in [0.1, 0.15) is 20.8 Å². The van der Waals surface area contributed by atoms with Crippen molar-refractivity contribution in [1.29, 1.82) is 0 Å². The first kappa shape index (κ1) is 13.8. The number of carbonyl (C=O) groups is 1. The van der Waals surface area contributed by atoms with Gasteiger partial charge < -0.3 is 10.0 Å². The Morgan fingerprint density at radius 3 is 1.50 bits per heavy atom. The van der Waals surface area contributed by atoms with Crippen molar-refractivity contribution in [2.75, 3.05) is 19.6 Å². The summed E-state index contributed by atoms with van der Waals surface area (Å²) in [6.07, 6.45) is -1.44. The Morgan fingerprint density at radius 2 is 1.50 bits per heavy atom. The molecule has 0 unspecified atom stereocenters. The lowest BCUT2D eigenvalue weighted by molar-refractivity contribution is 0.122. The molecule has 0 aliphatic rings. The second kappa shape index (κ2) is 10.2. The van der Waals surface area contributed by atoms with Gasteiger partial charge >= 0.3 is 6.09 Å². The minimum absolute atomic E-state index is 0.944. The predicted octanol–water partition coefficient (Wildman–Crippen LogP) is 0.991. The SMILES string of the molecule is CCN(CC)CC.O=C(O)NO. The summed E-state index contributed by atoms with van der Waals surface area (Å²) in [5.74, 6) is 0. The first-order valence-electron chi connectivity index (χ1n) is 3.97. The van der Waals surface area contributed by atoms with E-state index in [1.165, 1.54) is 19.6 Å². The fourth-order valence-electron chi connectivity index (χ4n) is 0.671.